The molecule has 3 aliphatic rings. The van der Waals surface area contributed by atoms with E-state index in [4.69, 9.17) is 24.3 Å². The van der Waals surface area contributed by atoms with Crippen LogP contribution in [0.3, 0.4) is 0 Å². The van der Waals surface area contributed by atoms with Gasteiger partial charge >= 0.3 is 31.4 Å². The molecule has 1 aromatic heterocycles. The summed E-state index contributed by atoms with van der Waals surface area (Å²) in [5, 5.41) is 8.06. The molecule has 2 aliphatic carbocycles. The molecular formula is C57H93N4O8Zn+. The molecule has 0 bridgehead atoms. The number of methoxy groups -OCH3 is 2. The van der Waals surface area contributed by atoms with Gasteiger partial charge in [-0.1, -0.05) is 125 Å². The van der Waals surface area contributed by atoms with Gasteiger partial charge < -0.3 is 39.6 Å². The Morgan fingerprint density at radius 1 is 0.686 bits per heavy atom. The number of ether oxygens (including phenoxy) is 4. The van der Waals surface area contributed by atoms with Crippen LogP contribution in [0.15, 0.2) is 21.8 Å². The maximum Gasteiger partial charge on any atom is 2.00 e. The van der Waals surface area contributed by atoms with Crippen molar-refractivity contribution in [2.24, 2.45) is 68.1 Å². The molecule has 4 atom stereocenters. The van der Waals surface area contributed by atoms with Crippen LogP contribution in [0.5, 0.6) is 0 Å². The molecule has 2 N–H and O–H groups in total. The van der Waals surface area contributed by atoms with Gasteiger partial charge in [0.25, 0.3) is 0 Å². The molecule has 12 nitrogen and oxygen atoms in total. The number of allylic oxidation sites excluding steroid dienone is 1. The number of hydrogen-bond acceptors (Lipinski definition) is 8. The van der Waals surface area contributed by atoms with Crippen LogP contribution in [0, 0.1) is 63.1 Å². The van der Waals surface area contributed by atoms with E-state index in [1.165, 1.54) is 0 Å². The van der Waals surface area contributed by atoms with Gasteiger partial charge in [0.2, 0.25) is 5.91 Å². The topological polar surface area (TPSA) is 159 Å². The summed E-state index contributed by atoms with van der Waals surface area (Å²) in [7, 11) is 3.19. The third-order valence-electron chi connectivity index (χ3n) is 15.0. The van der Waals surface area contributed by atoms with Gasteiger partial charge in [0.15, 0.2) is 0 Å². The minimum Gasteiger partial charge on any atom is -0.458 e. The molecule has 2 amide bonds. The largest absolute Gasteiger partial charge is 2.00 e. The maximum absolute atomic E-state index is 15.2. The smallest absolute Gasteiger partial charge is 0.458 e. The van der Waals surface area contributed by atoms with Crippen LogP contribution in [0.2, 0.25) is 0 Å². The van der Waals surface area contributed by atoms with Crippen molar-refractivity contribution >= 4 is 41.5 Å². The SMILES string of the molecule is COCCCC(=O)N=C1[N-]/C(=C\c2[nH]c(NC(=O)CCCOC)c(C(=O)OC3C(C(C)(C)C)CC(C)CC3C(C)(C)C)c2C(C)C)C(C(C)C)=C1C(=O)OC1C(C(C)(C)C)CC(C)CC1C(C)(C)C.[Zn+2]. The van der Waals surface area contributed by atoms with E-state index in [-0.39, 0.29) is 130 Å². The zero-order valence-corrected chi connectivity index (χ0v) is 50.3. The number of esters is 2. The van der Waals surface area contributed by atoms with Crippen LogP contribution >= 0.6 is 0 Å². The van der Waals surface area contributed by atoms with Crippen molar-refractivity contribution in [1.29, 1.82) is 0 Å². The Morgan fingerprint density at radius 3 is 1.51 bits per heavy atom. The molecule has 70 heavy (non-hydrogen) atoms. The van der Waals surface area contributed by atoms with Gasteiger partial charge in [-0.3, -0.25) is 9.59 Å². The molecule has 1 aliphatic heterocycles. The Hall–Kier alpha value is -3.15. The maximum atomic E-state index is 15.2. The third kappa shape index (κ3) is 15.4. The summed E-state index contributed by atoms with van der Waals surface area (Å²) in [4.78, 5) is 65.5. The molecule has 390 valence electrons. The fraction of sp³-hybridized carbons (Fsp3) is 0.772. The molecular weight excluding hydrogens is 934 g/mol. The van der Waals surface area contributed by atoms with E-state index in [1.54, 1.807) is 14.2 Å². The third-order valence-corrected chi connectivity index (χ3v) is 15.0. The van der Waals surface area contributed by atoms with Gasteiger partial charge in [0.05, 0.1) is 5.57 Å². The molecule has 4 unspecified atom stereocenters. The van der Waals surface area contributed by atoms with Crippen molar-refractivity contribution in [2.45, 2.75) is 194 Å². The van der Waals surface area contributed by atoms with E-state index in [0.29, 0.717) is 60.4 Å². The van der Waals surface area contributed by atoms with Crippen LogP contribution < -0.4 is 5.32 Å². The summed E-state index contributed by atoms with van der Waals surface area (Å²) in [6.07, 6.45) is 6.03. The number of aromatic nitrogens is 1. The fourth-order valence-electron chi connectivity index (χ4n) is 11.4. The number of amides is 2. The van der Waals surface area contributed by atoms with Crippen LogP contribution in [-0.4, -0.2) is 74.2 Å². The van der Waals surface area contributed by atoms with Gasteiger partial charge in [-0.05, 0) is 113 Å². The quantitative estimate of drug-likeness (QED) is 0.0940. The molecule has 4 rings (SSSR count). The number of aliphatic imine (C=N–C) groups is 1. The number of H-pyrrole nitrogens is 1. The average Bonchev–Trinajstić information content (AvgIpc) is 3.74. The number of aromatic amines is 1. The number of amidine groups is 1. The second-order valence-corrected chi connectivity index (χ2v) is 25.8. The summed E-state index contributed by atoms with van der Waals surface area (Å²) in [6, 6.07) is 0. The zero-order chi connectivity index (χ0) is 52.1. The van der Waals surface area contributed by atoms with E-state index in [0.717, 1.165) is 25.7 Å². The van der Waals surface area contributed by atoms with Crippen molar-refractivity contribution in [3.05, 3.63) is 39.0 Å². The molecule has 2 fully saturated rings. The molecule has 0 radical (unpaired) electrons. The van der Waals surface area contributed by atoms with Crippen LogP contribution in [0.25, 0.3) is 11.4 Å². The number of hydrogen-bond donors (Lipinski definition) is 2. The normalized spacial score (nSPS) is 25.9. The van der Waals surface area contributed by atoms with Crippen molar-refractivity contribution in [3.63, 3.8) is 0 Å². The van der Waals surface area contributed by atoms with E-state index >= 15 is 9.59 Å². The van der Waals surface area contributed by atoms with Gasteiger partial charge in [0.1, 0.15) is 29.5 Å². The van der Waals surface area contributed by atoms with E-state index in [9.17, 15) is 9.59 Å². The monoisotopic (exact) mass is 1030 g/mol. The second kappa shape index (κ2) is 24.7. The number of nitrogens with zero attached hydrogens (tertiary/aromatic N) is 2. The van der Waals surface area contributed by atoms with Crippen LogP contribution in [0.1, 0.15) is 204 Å². The summed E-state index contributed by atoms with van der Waals surface area (Å²) in [5.41, 5.74) is 2.04. The van der Waals surface area contributed by atoms with E-state index in [2.05, 4.69) is 112 Å². The van der Waals surface area contributed by atoms with Crippen LogP contribution in [-0.2, 0) is 52.8 Å². The first-order chi connectivity index (χ1) is 31.8. The first kappa shape index (κ1) is 61.2. The Labute approximate surface area is 436 Å². The predicted molar refractivity (Wildman–Crippen MR) is 279 cm³/mol. The summed E-state index contributed by atoms with van der Waals surface area (Å²) in [6.45, 7) is 40.0. The van der Waals surface area contributed by atoms with Crippen molar-refractivity contribution in [2.75, 3.05) is 32.8 Å². The van der Waals surface area contributed by atoms with Crippen molar-refractivity contribution in [3.8, 4) is 0 Å². The molecule has 2 saturated carbocycles. The Morgan fingerprint density at radius 2 is 1.11 bits per heavy atom. The minimum absolute atomic E-state index is 0. The Kier molecular flexibility index (Phi) is 21.6. The molecule has 13 heteroatoms. The molecule has 1 aromatic rings. The van der Waals surface area contributed by atoms with Gasteiger partial charge in [0, 0.05) is 69.6 Å². The number of anilines is 1. The minimum atomic E-state index is -0.551. The zero-order valence-electron chi connectivity index (χ0n) is 47.3. The van der Waals surface area contributed by atoms with Crippen molar-refractivity contribution in [1.82, 2.24) is 4.98 Å². The Balaban J connectivity index is 0.0000130. The summed E-state index contributed by atoms with van der Waals surface area (Å²) >= 11 is 0. The standard InChI is InChI=1S/C57H94N4O8.Zn/c1-32(2)44-40(58-50(60-42(62)23-21-25-66-19)46(44)52(64)68-48-36(54(7,8)9)27-34(5)28-37(48)55(10,11)12)31-41-45(33(3)4)47(51(59-41)61-43(63)24-22-26-67-20)53(65)69-49-38(56(13,14)15)29-35(6)30-39(49)57(16,17)18;/h31-39,48-49H,21-30H2,1-20H3,(H3,58,59,60,61,62,63,64,65);/q;+2/p-1. The molecule has 0 saturated heterocycles. The first-order valence-corrected chi connectivity index (χ1v) is 26.1. The number of nitrogens with one attached hydrogen (secondary N) is 2. The van der Waals surface area contributed by atoms with E-state index < -0.39 is 17.8 Å². The average molecular weight is 1030 g/mol. The van der Waals surface area contributed by atoms with Gasteiger partial charge in [-0.2, -0.15) is 0 Å². The van der Waals surface area contributed by atoms with Crippen molar-refractivity contribution < 1.29 is 57.6 Å². The predicted octanol–water partition coefficient (Wildman–Crippen LogP) is 13.5. The fourth-order valence-corrected chi connectivity index (χ4v) is 11.4. The number of rotatable bonds is 16. The summed E-state index contributed by atoms with van der Waals surface area (Å²) in [5.74, 6) is -0.693. The number of carbonyl (C=O) groups excluding carboxylic acids is 4. The molecule has 0 spiro atoms. The first-order valence-electron chi connectivity index (χ1n) is 26.1. The van der Waals surface area contributed by atoms with Gasteiger partial charge in [-0.15, -0.1) is 0 Å². The summed E-state index contributed by atoms with van der Waals surface area (Å²) < 4.78 is 24.1. The van der Waals surface area contributed by atoms with Crippen LogP contribution in [0.4, 0.5) is 5.82 Å². The van der Waals surface area contributed by atoms with E-state index in [1.807, 2.05) is 33.8 Å². The van der Waals surface area contributed by atoms with Gasteiger partial charge in [-0.25, -0.2) is 9.59 Å². The second-order valence-electron chi connectivity index (χ2n) is 25.8. The molecule has 2 heterocycles. The molecule has 0 aromatic carbocycles. The number of carbonyl (C=O) groups is 4. The Bertz CT molecular complexity index is 2020.